The molecule has 3 heteroatoms. The first-order valence-corrected chi connectivity index (χ1v) is 8.02. The van der Waals surface area contributed by atoms with Crippen molar-refractivity contribution in [1.29, 1.82) is 0 Å². The standard InChI is InChI=1S/C16H29NO2/c1-12(2)14-5-7-15(8-6-14)17-9-3-4-13(11-17)10-16(18)19/h12-15H,3-11H2,1-2H3,(H,18,19). The van der Waals surface area contributed by atoms with E-state index in [1.54, 1.807) is 0 Å². The fourth-order valence-corrected chi connectivity index (χ4v) is 3.98. The van der Waals surface area contributed by atoms with Gasteiger partial charge in [0, 0.05) is 19.0 Å². The zero-order valence-corrected chi connectivity index (χ0v) is 12.5. The minimum absolute atomic E-state index is 0.359. The first kappa shape index (κ1) is 14.8. The molecule has 0 aromatic heterocycles. The number of nitrogens with zero attached hydrogens (tertiary/aromatic N) is 1. The molecule has 1 heterocycles. The highest BCUT2D eigenvalue weighted by Gasteiger charge is 2.30. The van der Waals surface area contributed by atoms with Gasteiger partial charge >= 0.3 is 5.97 Å². The van der Waals surface area contributed by atoms with E-state index in [0.29, 0.717) is 12.3 Å². The minimum atomic E-state index is -0.629. The second-order valence-corrected chi connectivity index (χ2v) is 6.91. The van der Waals surface area contributed by atoms with Gasteiger partial charge in [0.2, 0.25) is 0 Å². The predicted octanol–water partition coefficient (Wildman–Crippen LogP) is 3.39. The van der Waals surface area contributed by atoms with Gasteiger partial charge in [0.15, 0.2) is 0 Å². The van der Waals surface area contributed by atoms with E-state index in [2.05, 4.69) is 18.7 Å². The molecule has 3 nitrogen and oxygen atoms in total. The summed E-state index contributed by atoms with van der Waals surface area (Å²) in [6.07, 6.45) is 8.01. The van der Waals surface area contributed by atoms with E-state index in [-0.39, 0.29) is 0 Å². The maximum Gasteiger partial charge on any atom is 0.303 e. The van der Waals surface area contributed by atoms with Gasteiger partial charge in [-0.25, -0.2) is 0 Å². The molecule has 0 bridgehead atoms. The zero-order valence-electron chi connectivity index (χ0n) is 12.5. The van der Waals surface area contributed by atoms with Crippen LogP contribution in [0.4, 0.5) is 0 Å². The van der Waals surface area contributed by atoms with Crippen LogP contribution in [0, 0.1) is 17.8 Å². The molecule has 19 heavy (non-hydrogen) atoms. The molecule has 0 aromatic carbocycles. The molecule has 1 saturated carbocycles. The first-order chi connectivity index (χ1) is 9.06. The third-order valence-corrected chi connectivity index (χ3v) is 5.21. The van der Waals surface area contributed by atoms with Crippen molar-refractivity contribution < 1.29 is 9.90 Å². The summed E-state index contributed by atoms with van der Waals surface area (Å²) in [5.74, 6) is 1.49. The molecule has 0 amide bonds. The Morgan fingerprint density at radius 3 is 2.47 bits per heavy atom. The molecule has 0 radical (unpaired) electrons. The summed E-state index contributed by atoms with van der Waals surface area (Å²) < 4.78 is 0. The van der Waals surface area contributed by atoms with Crippen LogP contribution in [0.1, 0.15) is 58.8 Å². The van der Waals surface area contributed by atoms with Crippen molar-refractivity contribution in [2.24, 2.45) is 17.8 Å². The van der Waals surface area contributed by atoms with E-state index in [9.17, 15) is 4.79 Å². The van der Waals surface area contributed by atoms with E-state index in [1.165, 1.54) is 38.6 Å². The highest BCUT2D eigenvalue weighted by Crippen LogP contribution is 2.34. The van der Waals surface area contributed by atoms with Crippen LogP contribution >= 0.6 is 0 Å². The van der Waals surface area contributed by atoms with Crippen LogP contribution in [0.2, 0.25) is 0 Å². The molecule has 110 valence electrons. The van der Waals surface area contributed by atoms with Crippen molar-refractivity contribution >= 4 is 5.97 Å². The Hall–Kier alpha value is -0.570. The molecule has 1 N–H and O–H groups in total. The molecule has 2 rings (SSSR count). The van der Waals surface area contributed by atoms with Crippen molar-refractivity contribution in [1.82, 2.24) is 4.90 Å². The van der Waals surface area contributed by atoms with Gasteiger partial charge in [0.1, 0.15) is 0 Å². The van der Waals surface area contributed by atoms with Crippen molar-refractivity contribution in [3.05, 3.63) is 0 Å². The molecular formula is C16H29NO2. The first-order valence-electron chi connectivity index (χ1n) is 8.02. The van der Waals surface area contributed by atoms with Gasteiger partial charge in [0.25, 0.3) is 0 Å². The number of hydrogen-bond donors (Lipinski definition) is 1. The second-order valence-electron chi connectivity index (χ2n) is 6.91. The van der Waals surface area contributed by atoms with Gasteiger partial charge in [-0.3, -0.25) is 4.79 Å². The number of hydrogen-bond acceptors (Lipinski definition) is 2. The molecule has 1 saturated heterocycles. The van der Waals surface area contributed by atoms with Crippen LogP contribution in [0.25, 0.3) is 0 Å². The third kappa shape index (κ3) is 4.20. The summed E-state index contributed by atoms with van der Waals surface area (Å²) in [6, 6.07) is 0.728. The van der Waals surface area contributed by atoms with Gasteiger partial charge < -0.3 is 10.0 Å². The molecular weight excluding hydrogens is 238 g/mol. The maximum atomic E-state index is 10.8. The molecule has 2 aliphatic rings. The van der Waals surface area contributed by atoms with Crippen LogP contribution < -0.4 is 0 Å². The van der Waals surface area contributed by atoms with Crippen molar-refractivity contribution in [2.45, 2.75) is 64.8 Å². The van der Waals surface area contributed by atoms with Gasteiger partial charge in [0.05, 0.1) is 0 Å². The Morgan fingerprint density at radius 1 is 1.21 bits per heavy atom. The smallest absolute Gasteiger partial charge is 0.303 e. The number of likely N-dealkylation sites (tertiary alicyclic amines) is 1. The Bertz CT molecular complexity index is 295. The summed E-state index contributed by atoms with van der Waals surface area (Å²) in [5, 5.41) is 8.94. The maximum absolute atomic E-state index is 10.8. The number of carbonyl (C=O) groups is 1. The quantitative estimate of drug-likeness (QED) is 0.849. The zero-order chi connectivity index (χ0) is 13.8. The SMILES string of the molecule is CC(C)C1CCC(N2CCCC(CC(=O)O)C2)CC1. The second kappa shape index (κ2) is 6.74. The normalized spacial score (nSPS) is 33.5. The largest absolute Gasteiger partial charge is 0.481 e. The number of aliphatic carboxylic acids is 1. The summed E-state index contributed by atoms with van der Waals surface area (Å²) in [5.41, 5.74) is 0. The molecule has 2 fully saturated rings. The molecule has 0 spiro atoms. The average molecular weight is 267 g/mol. The van der Waals surface area contributed by atoms with E-state index in [0.717, 1.165) is 30.8 Å². The average Bonchev–Trinajstić information content (AvgIpc) is 2.38. The van der Waals surface area contributed by atoms with Gasteiger partial charge in [-0.05, 0) is 62.8 Å². The number of rotatable bonds is 4. The fraction of sp³-hybridized carbons (Fsp3) is 0.938. The summed E-state index contributed by atoms with van der Waals surface area (Å²) in [6.45, 7) is 6.89. The van der Waals surface area contributed by atoms with E-state index >= 15 is 0 Å². The highest BCUT2D eigenvalue weighted by atomic mass is 16.4. The molecule has 0 aromatic rings. The van der Waals surface area contributed by atoms with Crippen LogP contribution in [-0.4, -0.2) is 35.1 Å². The Labute approximate surface area is 117 Å². The van der Waals surface area contributed by atoms with Crippen LogP contribution in [0.5, 0.6) is 0 Å². The van der Waals surface area contributed by atoms with E-state index in [1.807, 2.05) is 0 Å². The monoisotopic (exact) mass is 267 g/mol. The van der Waals surface area contributed by atoms with Crippen LogP contribution in [-0.2, 0) is 4.79 Å². The topological polar surface area (TPSA) is 40.5 Å². The van der Waals surface area contributed by atoms with Crippen molar-refractivity contribution in [3.8, 4) is 0 Å². The molecule has 1 unspecified atom stereocenters. The summed E-state index contributed by atoms with van der Waals surface area (Å²) in [7, 11) is 0. The van der Waals surface area contributed by atoms with Gasteiger partial charge in [-0.2, -0.15) is 0 Å². The number of carboxylic acids is 1. The summed E-state index contributed by atoms with van der Waals surface area (Å²) in [4.78, 5) is 13.4. The molecule has 1 aliphatic carbocycles. The Kier molecular flexibility index (Phi) is 5.26. The van der Waals surface area contributed by atoms with Gasteiger partial charge in [-0.1, -0.05) is 13.8 Å². The molecule has 1 aliphatic heterocycles. The highest BCUT2D eigenvalue weighted by molar-refractivity contribution is 5.67. The molecule has 1 atom stereocenters. The Balaban J connectivity index is 1.80. The fourth-order valence-electron chi connectivity index (χ4n) is 3.98. The lowest BCUT2D eigenvalue weighted by Gasteiger charge is -2.42. The predicted molar refractivity (Wildman–Crippen MR) is 77.1 cm³/mol. The van der Waals surface area contributed by atoms with Crippen molar-refractivity contribution in [2.75, 3.05) is 13.1 Å². The van der Waals surface area contributed by atoms with E-state index < -0.39 is 5.97 Å². The van der Waals surface area contributed by atoms with Crippen molar-refractivity contribution in [3.63, 3.8) is 0 Å². The number of carboxylic acid groups (broad SMARTS) is 1. The lowest BCUT2D eigenvalue weighted by Crippen LogP contribution is -2.45. The lowest BCUT2D eigenvalue weighted by molar-refractivity contribution is -0.138. The minimum Gasteiger partial charge on any atom is -0.481 e. The van der Waals surface area contributed by atoms with Gasteiger partial charge in [-0.15, -0.1) is 0 Å². The lowest BCUT2D eigenvalue weighted by atomic mass is 9.78. The van der Waals surface area contributed by atoms with Crippen LogP contribution in [0.3, 0.4) is 0 Å². The number of piperidine rings is 1. The summed E-state index contributed by atoms with van der Waals surface area (Å²) >= 11 is 0. The van der Waals surface area contributed by atoms with Crippen LogP contribution in [0.15, 0.2) is 0 Å². The van der Waals surface area contributed by atoms with E-state index in [4.69, 9.17) is 5.11 Å². The Morgan fingerprint density at radius 2 is 1.89 bits per heavy atom. The third-order valence-electron chi connectivity index (χ3n) is 5.21.